The van der Waals surface area contributed by atoms with Crippen molar-refractivity contribution in [3.63, 3.8) is 0 Å². The van der Waals surface area contributed by atoms with Crippen molar-refractivity contribution in [2.75, 3.05) is 25.0 Å². The van der Waals surface area contributed by atoms with E-state index in [1.54, 1.807) is 12.1 Å². The molecule has 1 aromatic rings. The maximum Gasteiger partial charge on any atom is 0.260 e. The van der Waals surface area contributed by atoms with Crippen LogP contribution in [0.2, 0.25) is 0 Å². The van der Waals surface area contributed by atoms with Gasteiger partial charge in [0, 0.05) is 25.9 Å². The standard InChI is InChI=1S/C14H23N3O3S/c1-2-15-13-7-5-9-16-14(13)21(18,19)17-10-8-12-6-3-4-11-20-12/h5,7,9,12,15,17H,2-4,6,8,10-11H2,1H3. The summed E-state index contributed by atoms with van der Waals surface area (Å²) in [5.41, 5.74) is 0.529. The average molecular weight is 313 g/mol. The van der Waals surface area contributed by atoms with Gasteiger partial charge in [-0.3, -0.25) is 0 Å². The molecule has 1 aromatic heterocycles. The van der Waals surface area contributed by atoms with E-state index in [4.69, 9.17) is 4.74 Å². The largest absolute Gasteiger partial charge is 0.383 e. The van der Waals surface area contributed by atoms with Crippen molar-refractivity contribution < 1.29 is 13.2 Å². The fraction of sp³-hybridized carbons (Fsp3) is 0.643. The summed E-state index contributed by atoms with van der Waals surface area (Å²) >= 11 is 0. The Kier molecular flexibility index (Phi) is 5.96. The summed E-state index contributed by atoms with van der Waals surface area (Å²) in [4.78, 5) is 3.99. The lowest BCUT2D eigenvalue weighted by atomic mass is 10.1. The minimum atomic E-state index is -3.59. The highest BCUT2D eigenvalue weighted by Crippen LogP contribution is 2.18. The molecular formula is C14H23N3O3S. The van der Waals surface area contributed by atoms with Crippen LogP contribution in [0, 0.1) is 0 Å². The summed E-state index contributed by atoms with van der Waals surface area (Å²) in [5.74, 6) is 0. The Morgan fingerprint density at radius 1 is 1.43 bits per heavy atom. The van der Waals surface area contributed by atoms with Gasteiger partial charge in [0.15, 0.2) is 5.03 Å². The Bertz CT molecular complexity index is 542. The normalized spacial score (nSPS) is 19.4. The molecule has 0 saturated carbocycles. The minimum absolute atomic E-state index is 0.0522. The van der Waals surface area contributed by atoms with E-state index in [0.717, 1.165) is 25.9 Å². The number of nitrogens with zero attached hydrogens (tertiary/aromatic N) is 1. The number of ether oxygens (including phenoxy) is 1. The Morgan fingerprint density at radius 2 is 2.29 bits per heavy atom. The van der Waals surface area contributed by atoms with Crippen LogP contribution in [0.5, 0.6) is 0 Å². The highest BCUT2D eigenvalue weighted by molar-refractivity contribution is 7.89. The van der Waals surface area contributed by atoms with Crippen LogP contribution < -0.4 is 10.0 Å². The Morgan fingerprint density at radius 3 is 3.00 bits per heavy atom. The molecule has 0 bridgehead atoms. The minimum Gasteiger partial charge on any atom is -0.383 e. The van der Waals surface area contributed by atoms with Crippen LogP contribution in [0.4, 0.5) is 5.69 Å². The SMILES string of the molecule is CCNc1cccnc1S(=O)(=O)NCCC1CCCCO1. The Hall–Kier alpha value is -1.18. The fourth-order valence-electron chi connectivity index (χ4n) is 2.39. The Balaban J connectivity index is 1.94. The van der Waals surface area contributed by atoms with E-state index in [0.29, 0.717) is 25.2 Å². The van der Waals surface area contributed by atoms with Crippen LogP contribution in [0.15, 0.2) is 23.4 Å². The first-order valence-corrected chi connectivity index (χ1v) is 8.92. The zero-order valence-electron chi connectivity index (χ0n) is 12.3. The van der Waals surface area contributed by atoms with Gasteiger partial charge in [-0.1, -0.05) is 0 Å². The van der Waals surface area contributed by atoms with E-state index >= 15 is 0 Å². The molecule has 7 heteroatoms. The van der Waals surface area contributed by atoms with E-state index < -0.39 is 10.0 Å². The predicted molar refractivity (Wildman–Crippen MR) is 81.8 cm³/mol. The van der Waals surface area contributed by atoms with Gasteiger partial charge >= 0.3 is 0 Å². The van der Waals surface area contributed by atoms with Crippen molar-refractivity contribution in [2.24, 2.45) is 0 Å². The van der Waals surface area contributed by atoms with Gasteiger partial charge in [0.05, 0.1) is 11.8 Å². The number of hydrogen-bond acceptors (Lipinski definition) is 5. The van der Waals surface area contributed by atoms with Gasteiger partial charge < -0.3 is 10.1 Å². The molecular weight excluding hydrogens is 290 g/mol. The Labute approximate surface area is 126 Å². The van der Waals surface area contributed by atoms with Gasteiger partial charge in [-0.25, -0.2) is 18.1 Å². The van der Waals surface area contributed by atoms with Crippen LogP contribution in [-0.2, 0) is 14.8 Å². The number of pyridine rings is 1. The maximum atomic E-state index is 12.3. The second kappa shape index (κ2) is 7.72. The second-order valence-electron chi connectivity index (χ2n) is 5.06. The second-order valence-corrected chi connectivity index (χ2v) is 6.74. The molecule has 0 amide bonds. The number of aromatic nitrogens is 1. The lowest BCUT2D eigenvalue weighted by Gasteiger charge is -2.22. The van der Waals surface area contributed by atoms with Gasteiger partial charge in [0.25, 0.3) is 10.0 Å². The van der Waals surface area contributed by atoms with Gasteiger partial charge in [-0.2, -0.15) is 0 Å². The summed E-state index contributed by atoms with van der Waals surface area (Å²) in [5, 5.41) is 3.07. The molecule has 2 rings (SSSR count). The third kappa shape index (κ3) is 4.66. The monoisotopic (exact) mass is 313 g/mol. The van der Waals surface area contributed by atoms with Crippen molar-refractivity contribution in [1.29, 1.82) is 0 Å². The lowest BCUT2D eigenvalue weighted by molar-refractivity contribution is 0.0123. The molecule has 1 fully saturated rings. The number of rotatable bonds is 7. The van der Waals surface area contributed by atoms with Gasteiger partial charge in [-0.05, 0) is 44.7 Å². The molecule has 0 radical (unpaired) electrons. The third-order valence-electron chi connectivity index (χ3n) is 3.43. The molecule has 1 unspecified atom stereocenters. The van der Waals surface area contributed by atoms with Crippen molar-refractivity contribution in [1.82, 2.24) is 9.71 Å². The van der Waals surface area contributed by atoms with Gasteiger partial charge in [0.1, 0.15) is 0 Å². The van der Waals surface area contributed by atoms with Crippen molar-refractivity contribution in [3.8, 4) is 0 Å². The zero-order chi connectivity index (χ0) is 15.1. The molecule has 1 aliphatic rings. The summed E-state index contributed by atoms with van der Waals surface area (Å²) in [6, 6.07) is 3.43. The number of nitrogens with one attached hydrogen (secondary N) is 2. The number of anilines is 1. The van der Waals surface area contributed by atoms with Gasteiger partial charge in [-0.15, -0.1) is 0 Å². The van der Waals surface area contributed by atoms with Crippen LogP contribution >= 0.6 is 0 Å². The molecule has 118 valence electrons. The molecule has 2 heterocycles. The van der Waals surface area contributed by atoms with E-state index in [2.05, 4.69) is 15.0 Å². The topological polar surface area (TPSA) is 80.3 Å². The first kappa shape index (κ1) is 16.2. The van der Waals surface area contributed by atoms with E-state index in [9.17, 15) is 8.42 Å². The fourth-order valence-corrected chi connectivity index (χ4v) is 3.54. The zero-order valence-corrected chi connectivity index (χ0v) is 13.2. The number of hydrogen-bond donors (Lipinski definition) is 2. The highest BCUT2D eigenvalue weighted by Gasteiger charge is 2.20. The van der Waals surface area contributed by atoms with Crippen LogP contribution in [0.1, 0.15) is 32.6 Å². The average Bonchev–Trinajstić information content (AvgIpc) is 2.49. The van der Waals surface area contributed by atoms with Crippen molar-refractivity contribution in [2.45, 2.75) is 43.7 Å². The molecule has 0 aromatic carbocycles. The van der Waals surface area contributed by atoms with E-state index in [1.165, 1.54) is 6.20 Å². The molecule has 2 N–H and O–H groups in total. The molecule has 1 saturated heterocycles. The van der Waals surface area contributed by atoms with Crippen LogP contribution in [0.25, 0.3) is 0 Å². The predicted octanol–water partition coefficient (Wildman–Crippen LogP) is 1.75. The van der Waals surface area contributed by atoms with Crippen molar-refractivity contribution in [3.05, 3.63) is 18.3 Å². The molecule has 6 nitrogen and oxygen atoms in total. The maximum absolute atomic E-state index is 12.3. The highest BCUT2D eigenvalue weighted by atomic mass is 32.2. The molecule has 0 spiro atoms. The summed E-state index contributed by atoms with van der Waals surface area (Å²) in [6.07, 6.45) is 5.61. The summed E-state index contributed by atoms with van der Waals surface area (Å²) in [6.45, 7) is 3.71. The lowest BCUT2D eigenvalue weighted by Crippen LogP contribution is -2.30. The summed E-state index contributed by atoms with van der Waals surface area (Å²) in [7, 11) is -3.59. The summed E-state index contributed by atoms with van der Waals surface area (Å²) < 4.78 is 32.8. The number of sulfonamides is 1. The van der Waals surface area contributed by atoms with Crippen molar-refractivity contribution >= 4 is 15.7 Å². The first-order valence-electron chi connectivity index (χ1n) is 7.43. The molecule has 0 aliphatic carbocycles. The third-order valence-corrected chi connectivity index (χ3v) is 4.84. The smallest absolute Gasteiger partial charge is 0.260 e. The molecule has 1 atom stereocenters. The molecule has 21 heavy (non-hydrogen) atoms. The van der Waals surface area contributed by atoms with Gasteiger partial charge in [0.2, 0.25) is 0 Å². The first-order chi connectivity index (χ1) is 10.1. The van der Waals surface area contributed by atoms with Crippen LogP contribution in [-0.4, -0.2) is 39.2 Å². The molecule has 1 aliphatic heterocycles. The van der Waals surface area contributed by atoms with E-state index in [1.807, 2.05) is 6.92 Å². The van der Waals surface area contributed by atoms with E-state index in [-0.39, 0.29) is 11.1 Å². The van der Waals surface area contributed by atoms with Crippen LogP contribution in [0.3, 0.4) is 0 Å². The quantitative estimate of drug-likeness (QED) is 0.801.